The van der Waals surface area contributed by atoms with Crippen molar-refractivity contribution in [3.63, 3.8) is 0 Å². The van der Waals surface area contributed by atoms with Crippen LogP contribution in [0.1, 0.15) is 20.3 Å². The molecule has 0 unspecified atom stereocenters. The van der Waals surface area contributed by atoms with Gasteiger partial charge in [0.1, 0.15) is 5.52 Å². The van der Waals surface area contributed by atoms with Crippen LogP contribution in [0.25, 0.3) is 11.2 Å². The number of H-pyrrole nitrogens is 1. The molecule has 0 spiro atoms. The van der Waals surface area contributed by atoms with Crippen LogP contribution in [0.2, 0.25) is 5.28 Å². The van der Waals surface area contributed by atoms with E-state index < -0.39 is 0 Å². The number of aromatic nitrogens is 4. The summed E-state index contributed by atoms with van der Waals surface area (Å²) in [4.78, 5) is 26.5. The lowest BCUT2D eigenvalue weighted by molar-refractivity contribution is -0.121. The van der Waals surface area contributed by atoms with Crippen LogP contribution in [0.4, 0.5) is 5.82 Å². The van der Waals surface area contributed by atoms with E-state index >= 15 is 0 Å². The molecule has 3 N–H and O–H groups in total. The molecule has 2 aromatic rings. The zero-order valence-electron chi connectivity index (χ0n) is 10.7. The standard InChI is InChI=1S/C11H15ClN6O/c1-6(2)16-7(19)3-4-13-9-8-10(15-5-14-8)18-11(12)17-9/h5-6H,3-4H2,1-2H3,(H,16,19)(H2,13,14,15,17,18). The van der Waals surface area contributed by atoms with Crippen LogP contribution < -0.4 is 10.6 Å². The number of aromatic amines is 1. The number of carbonyl (C=O) groups is 1. The third kappa shape index (κ3) is 3.54. The van der Waals surface area contributed by atoms with Crippen molar-refractivity contribution in [2.45, 2.75) is 26.3 Å². The minimum absolute atomic E-state index is 0.0106. The molecule has 2 aromatic heterocycles. The molecule has 102 valence electrons. The highest BCUT2D eigenvalue weighted by molar-refractivity contribution is 6.28. The van der Waals surface area contributed by atoms with Gasteiger partial charge in [-0.25, -0.2) is 4.98 Å². The average molecular weight is 283 g/mol. The fraction of sp³-hybridized carbons (Fsp3) is 0.455. The van der Waals surface area contributed by atoms with E-state index in [-0.39, 0.29) is 17.2 Å². The Morgan fingerprint density at radius 3 is 3.00 bits per heavy atom. The summed E-state index contributed by atoms with van der Waals surface area (Å²) in [5, 5.41) is 5.98. The topological polar surface area (TPSA) is 95.6 Å². The van der Waals surface area contributed by atoms with Gasteiger partial charge in [-0.2, -0.15) is 9.97 Å². The first kappa shape index (κ1) is 13.5. The first-order chi connectivity index (χ1) is 9.06. The Labute approximate surface area is 115 Å². The lowest BCUT2D eigenvalue weighted by Crippen LogP contribution is -2.31. The summed E-state index contributed by atoms with van der Waals surface area (Å²) in [5.74, 6) is 0.536. The molecule has 7 nitrogen and oxygen atoms in total. The van der Waals surface area contributed by atoms with E-state index in [2.05, 4.69) is 30.6 Å². The molecule has 0 atom stereocenters. The lowest BCUT2D eigenvalue weighted by atomic mass is 10.3. The summed E-state index contributed by atoms with van der Waals surface area (Å²) >= 11 is 5.80. The summed E-state index contributed by atoms with van der Waals surface area (Å²) in [6.45, 7) is 4.30. The summed E-state index contributed by atoms with van der Waals surface area (Å²) in [7, 11) is 0. The first-order valence-corrected chi connectivity index (χ1v) is 6.34. The second-order valence-electron chi connectivity index (χ2n) is 4.34. The van der Waals surface area contributed by atoms with Crippen molar-refractivity contribution in [1.82, 2.24) is 25.3 Å². The highest BCUT2D eigenvalue weighted by Gasteiger charge is 2.09. The monoisotopic (exact) mass is 282 g/mol. The summed E-state index contributed by atoms with van der Waals surface area (Å²) in [5.41, 5.74) is 1.17. The molecule has 0 aliphatic carbocycles. The van der Waals surface area contributed by atoms with Crippen molar-refractivity contribution in [3.8, 4) is 0 Å². The molecule has 8 heteroatoms. The minimum atomic E-state index is -0.0106. The van der Waals surface area contributed by atoms with Crippen LogP contribution in [-0.4, -0.2) is 38.4 Å². The van der Waals surface area contributed by atoms with Crippen molar-refractivity contribution in [2.24, 2.45) is 0 Å². The van der Waals surface area contributed by atoms with Crippen LogP contribution in [0, 0.1) is 0 Å². The summed E-state index contributed by atoms with van der Waals surface area (Å²) in [6.07, 6.45) is 1.88. The van der Waals surface area contributed by atoms with Gasteiger partial charge in [-0.3, -0.25) is 4.79 Å². The molecule has 0 aliphatic rings. The number of imidazole rings is 1. The highest BCUT2D eigenvalue weighted by atomic mass is 35.5. The molecule has 0 bridgehead atoms. The third-order valence-corrected chi connectivity index (χ3v) is 2.52. The molecular formula is C11H15ClN6O. The van der Waals surface area contributed by atoms with Crippen molar-refractivity contribution in [2.75, 3.05) is 11.9 Å². The number of hydrogen-bond donors (Lipinski definition) is 3. The second kappa shape index (κ2) is 5.83. The molecule has 0 aromatic carbocycles. The number of hydrogen-bond acceptors (Lipinski definition) is 5. The van der Waals surface area contributed by atoms with E-state index in [1.54, 1.807) is 0 Å². The van der Waals surface area contributed by atoms with Gasteiger partial charge in [-0.1, -0.05) is 0 Å². The molecule has 19 heavy (non-hydrogen) atoms. The first-order valence-electron chi connectivity index (χ1n) is 5.96. The SMILES string of the molecule is CC(C)NC(=O)CCNc1nc(Cl)nc2nc[nH]c12. The maximum Gasteiger partial charge on any atom is 0.226 e. The van der Waals surface area contributed by atoms with Gasteiger partial charge >= 0.3 is 0 Å². The maximum atomic E-state index is 11.5. The van der Waals surface area contributed by atoms with E-state index in [0.717, 1.165) is 0 Å². The molecule has 1 amide bonds. The number of fused-ring (bicyclic) bond motifs is 1. The molecule has 0 aliphatic heterocycles. The molecule has 0 saturated heterocycles. The van der Waals surface area contributed by atoms with Gasteiger partial charge in [0.05, 0.1) is 6.33 Å². The molecule has 0 radical (unpaired) electrons. The van der Waals surface area contributed by atoms with Gasteiger partial charge in [-0.05, 0) is 25.4 Å². The van der Waals surface area contributed by atoms with E-state index in [1.165, 1.54) is 6.33 Å². The Balaban J connectivity index is 1.98. The number of rotatable bonds is 5. The molecule has 0 saturated carbocycles. The summed E-state index contributed by atoms with van der Waals surface area (Å²) < 4.78 is 0. The number of nitrogens with zero attached hydrogens (tertiary/aromatic N) is 3. The highest BCUT2D eigenvalue weighted by Crippen LogP contribution is 2.18. The maximum absolute atomic E-state index is 11.5. The molecule has 2 heterocycles. The van der Waals surface area contributed by atoms with E-state index in [9.17, 15) is 4.79 Å². The predicted molar refractivity (Wildman–Crippen MR) is 73.1 cm³/mol. The number of carbonyl (C=O) groups excluding carboxylic acids is 1. The van der Waals surface area contributed by atoms with Gasteiger partial charge in [0.25, 0.3) is 0 Å². The van der Waals surface area contributed by atoms with E-state index in [0.29, 0.717) is 29.9 Å². The van der Waals surface area contributed by atoms with Crippen LogP contribution in [0.15, 0.2) is 6.33 Å². The van der Waals surface area contributed by atoms with Crippen LogP contribution >= 0.6 is 11.6 Å². The fourth-order valence-corrected chi connectivity index (χ4v) is 1.79. The predicted octanol–water partition coefficient (Wildman–Crippen LogP) is 1.33. The van der Waals surface area contributed by atoms with Gasteiger partial charge < -0.3 is 15.6 Å². The number of halogens is 1. The smallest absolute Gasteiger partial charge is 0.226 e. The molecule has 0 fully saturated rings. The lowest BCUT2D eigenvalue weighted by Gasteiger charge is -2.09. The van der Waals surface area contributed by atoms with Gasteiger partial charge in [-0.15, -0.1) is 0 Å². The van der Waals surface area contributed by atoms with Crippen molar-refractivity contribution >= 4 is 34.5 Å². The van der Waals surface area contributed by atoms with E-state index in [4.69, 9.17) is 11.6 Å². The third-order valence-electron chi connectivity index (χ3n) is 2.35. The minimum Gasteiger partial charge on any atom is -0.368 e. The number of amides is 1. The van der Waals surface area contributed by atoms with Crippen molar-refractivity contribution < 1.29 is 4.79 Å². The van der Waals surface area contributed by atoms with Crippen molar-refractivity contribution in [3.05, 3.63) is 11.6 Å². The Bertz CT molecular complexity index is 582. The van der Waals surface area contributed by atoms with Gasteiger partial charge in [0.15, 0.2) is 11.5 Å². The molecule has 2 rings (SSSR count). The average Bonchev–Trinajstić information content (AvgIpc) is 2.75. The van der Waals surface area contributed by atoms with Crippen LogP contribution in [0.5, 0.6) is 0 Å². The number of anilines is 1. The Kier molecular flexibility index (Phi) is 4.16. The molecular weight excluding hydrogens is 268 g/mol. The summed E-state index contributed by atoms with van der Waals surface area (Å²) in [6, 6.07) is 0.139. The number of nitrogens with one attached hydrogen (secondary N) is 3. The van der Waals surface area contributed by atoms with Gasteiger partial charge in [0, 0.05) is 19.0 Å². The second-order valence-corrected chi connectivity index (χ2v) is 4.68. The zero-order valence-corrected chi connectivity index (χ0v) is 11.5. The zero-order chi connectivity index (χ0) is 13.8. The quantitative estimate of drug-likeness (QED) is 0.719. The van der Waals surface area contributed by atoms with Crippen molar-refractivity contribution in [1.29, 1.82) is 0 Å². The normalized spacial score (nSPS) is 10.9. The van der Waals surface area contributed by atoms with Crippen LogP contribution in [0.3, 0.4) is 0 Å². The largest absolute Gasteiger partial charge is 0.368 e. The fourth-order valence-electron chi connectivity index (χ4n) is 1.62. The Hall–Kier alpha value is -1.89. The Morgan fingerprint density at radius 2 is 2.26 bits per heavy atom. The van der Waals surface area contributed by atoms with Gasteiger partial charge in [0.2, 0.25) is 11.2 Å². The Morgan fingerprint density at radius 1 is 1.47 bits per heavy atom. The van der Waals surface area contributed by atoms with Crippen LogP contribution in [-0.2, 0) is 4.79 Å². The van der Waals surface area contributed by atoms with E-state index in [1.807, 2.05) is 13.8 Å².